The minimum Gasteiger partial charge on any atom is -0.232 e. The molecular weight excluding hydrogens is 336 g/mol. The van der Waals surface area contributed by atoms with Gasteiger partial charge in [0, 0.05) is 0 Å². The summed E-state index contributed by atoms with van der Waals surface area (Å²) in [4.78, 5) is 0.989. The molecule has 26 heavy (non-hydrogen) atoms. The van der Waals surface area contributed by atoms with Gasteiger partial charge in [0.1, 0.15) is 24.6 Å². The van der Waals surface area contributed by atoms with Gasteiger partial charge in [-0.15, -0.1) is 12.6 Å². The van der Waals surface area contributed by atoms with Gasteiger partial charge in [-0.1, -0.05) is 44.5 Å². The Morgan fingerprint density at radius 1 is 1.00 bits per heavy atom. The van der Waals surface area contributed by atoms with Crippen LogP contribution in [0.25, 0.3) is 5.69 Å². The highest BCUT2D eigenvalue weighted by Crippen LogP contribution is 2.28. The zero-order valence-electron chi connectivity index (χ0n) is 16.7. The fraction of sp³-hybridized carbons (Fsp3) is 0.348. The molecule has 2 nitrogen and oxygen atoms in total. The first kappa shape index (κ1) is 18.8. The van der Waals surface area contributed by atoms with E-state index in [9.17, 15) is 0 Å². The van der Waals surface area contributed by atoms with Crippen molar-refractivity contribution in [3.8, 4) is 5.69 Å². The molecule has 0 aliphatic heterocycles. The first-order valence-corrected chi connectivity index (χ1v) is 9.57. The van der Waals surface area contributed by atoms with Crippen LogP contribution >= 0.6 is 12.6 Å². The van der Waals surface area contributed by atoms with Crippen molar-refractivity contribution in [3.63, 3.8) is 0 Å². The molecule has 2 aromatic carbocycles. The van der Waals surface area contributed by atoms with Gasteiger partial charge in [-0.2, -0.15) is 0 Å². The molecule has 0 fully saturated rings. The summed E-state index contributed by atoms with van der Waals surface area (Å²) >= 11 is 4.67. The molecule has 1 aromatic heterocycles. The van der Waals surface area contributed by atoms with Crippen LogP contribution in [0.15, 0.2) is 53.9 Å². The van der Waals surface area contributed by atoms with Crippen LogP contribution < -0.4 is 4.57 Å². The molecule has 3 rings (SSSR count). The Balaban J connectivity index is 1.94. The van der Waals surface area contributed by atoms with Gasteiger partial charge in [-0.3, -0.25) is 0 Å². The van der Waals surface area contributed by atoms with E-state index in [0.29, 0.717) is 0 Å². The molecule has 0 aliphatic carbocycles. The Labute approximate surface area is 162 Å². The van der Waals surface area contributed by atoms with Gasteiger partial charge in [0.2, 0.25) is 6.33 Å². The highest BCUT2D eigenvalue weighted by molar-refractivity contribution is 7.80. The number of aryl methyl sites for hydroxylation is 3. The van der Waals surface area contributed by atoms with Crippen molar-refractivity contribution in [1.29, 1.82) is 0 Å². The third kappa shape index (κ3) is 3.88. The molecule has 0 spiro atoms. The van der Waals surface area contributed by atoms with E-state index in [1.807, 2.05) is 0 Å². The molecule has 0 atom stereocenters. The molecule has 0 radical (unpaired) electrons. The van der Waals surface area contributed by atoms with Gasteiger partial charge < -0.3 is 0 Å². The highest BCUT2D eigenvalue weighted by atomic mass is 32.1. The number of hydrogen-bond donors (Lipinski definition) is 1. The lowest BCUT2D eigenvalue weighted by Crippen LogP contribution is -2.32. The van der Waals surface area contributed by atoms with Gasteiger partial charge in [0.25, 0.3) is 0 Å². The molecule has 0 N–H and O–H groups in total. The second-order valence-electron chi connectivity index (χ2n) is 8.32. The Kier molecular flexibility index (Phi) is 5.03. The topological polar surface area (TPSA) is 8.81 Å². The van der Waals surface area contributed by atoms with E-state index in [1.165, 1.54) is 27.8 Å². The normalized spacial score (nSPS) is 11.8. The highest BCUT2D eigenvalue weighted by Gasteiger charge is 2.18. The molecule has 136 valence electrons. The number of rotatable bonds is 3. The van der Waals surface area contributed by atoms with Crippen molar-refractivity contribution in [3.05, 3.63) is 76.9 Å². The van der Waals surface area contributed by atoms with Crippen LogP contribution in [0.1, 0.15) is 48.6 Å². The zero-order valence-corrected chi connectivity index (χ0v) is 17.6. The Hall–Kier alpha value is -2.00. The lowest BCUT2D eigenvalue weighted by atomic mass is 9.87. The fourth-order valence-electron chi connectivity index (χ4n) is 3.47. The minimum atomic E-state index is 0.121. The Morgan fingerprint density at radius 2 is 1.65 bits per heavy atom. The molecule has 3 aromatic rings. The van der Waals surface area contributed by atoms with Crippen molar-refractivity contribution in [2.24, 2.45) is 0 Å². The number of imidazole rings is 1. The van der Waals surface area contributed by atoms with Crippen LogP contribution in [0, 0.1) is 20.8 Å². The smallest absolute Gasteiger partial charge is 0.232 e. The summed E-state index contributed by atoms with van der Waals surface area (Å²) in [6.45, 7) is 14.2. The van der Waals surface area contributed by atoms with Crippen LogP contribution in [-0.4, -0.2) is 4.57 Å². The average molecular weight is 366 g/mol. The van der Waals surface area contributed by atoms with E-state index in [0.717, 1.165) is 17.1 Å². The van der Waals surface area contributed by atoms with Crippen molar-refractivity contribution < 1.29 is 4.57 Å². The quantitative estimate of drug-likeness (QED) is 0.475. The van der Waals surface area contributed by atoms with E-state index in [-0.39, 0.29) is 5.41 Å². The molecule has 0 unspecified atom stereocenters. The average Bonchev–Trinajstić information content (AvgIpc) is 2.98. The fourth-order valence-corrected chi connectivity index (χ4v) is 3.72. The number of hydrogen-bond acceptors (Lipinski definition) is 1. The van der Waals surface area contributed by atoms with Crippen molar-refractivity contribution in [1.82, 2.24) is 4.57 Å². The van der Waals surface area contributed by atoms with Gasteiger partial charge in [-0.05, 0) is 60.6 Å². The summed E-state index contributed by atoms with van der Waals surface area (Å²) in [5.74, 6) is 0. The van der Waals surface area contributed by atoms with Crippen LogP contribution in [0.2, 0.25) is 0 Å². The van der Waals surface area contributed by atoms with Crippen LogP contribution in [0.4, 0.5) is 0 Å². The molecular formula is C23H29N2S+. The van der Waals surface area contributed by atoms with E-state index in [1.54, 1.807) is 0 Å². The summed E-state index contributed by atoms with van der Waals surface area (Å²) in [5.41, 5.74) is 7.99. The van der Waals surface area contributed by atoms with E-state index >= 15 is 0 Å². The maximum Gasteiger partial charge on any atom is 0.249 e. The number of thiol groups is 1. The zero-order chi connectivity index (χ0) is 19.1. The Morgan fingerprint density at radius 3 is 2.27 bits per heavy atom. The van der Waals surface area contributed by atoms with Crippen LogP contribution in [0.3, 0.4) is 0 Å². The summed E-state index contributed by atoms with van der Waals surface area (Å²) in [6, 6.07) is 11.0. The van der Waals surface area contributed by atoms with Gasteiger partial charge in [0.05, 0.1) is 4.90 Å². The van der Waals surface area contributed by atoms with Crippen molar-refractivity contribution in [2.45, 2.75) is 58.4 Å². The predicted molar refractivity (Wildman–Crippen MR) is 112 cm³/mol. The van der Waals surface area contributed by atoms with E-state index in [4.69, 9.17) is 0 Å². The first-order valence-electron chi connectivity index (χ1n) is 9.13. The monoisotopic (exact) mass is 365 g/mol. The summed E-state index contributed by atoms with van der Waals surface area (Å²) in [6.07, 6.45) is 6.40. The maximum absolute atomic E-state index is 4.67. The van der Waals surface area contributed by atoms with Gasteiger partial charge >= 0.3 is 0 Å². The predicted octanol–water partition coefficient (Wildman–Crippen LogP) is 5.32. The summed E-state index contributed by atoms with van der Waals surface area (Å²) in [7, 11) is 0. The number of aromatic nitrogens is 2. The molecule has 0 saturated heterocycles. The number of benzene rings is 2. The van der Waals surface area contributed by atoms with E-state index < -0.39 is 0 Å². The largest absolute Gasteiger partial charge is 0.249 e. The third-order valence-electron chi connectivity index (χ3n) is 4.99. The first-order chi connectivity index (χ1) is 12.1. The molecule has 0 bridgehead atoms. The standard InChI is InChI=1S/C23H28N2S/c1-16-11-17(2)20(18(3)12-16)14-24-9-10-25(15-24)21-13-19(23(4,5)6)7-8-22(21)26/h7-13,15H,14H2,1-6H3/p+1. The van der Waals surface area contributed by atoms with Crippen molar-refractivity contribution in [2.75, 3.05) is 0 Å². The molecule has 0 aliphatic rings. The maximum atomic E-state index is 4.67. The third-order valence-corrected chi connectivity index (χ3v) is 5.37. The minimum absolute atomic E-state index is 0.121. The molecule has 3 heteroatoms. The lowest BCUT2D eigenvalue weighted by molar-refractivity contribution is -0.687. The second-order valence-corrected chi connectivity index (χ2v) is 8.81. The summed E-state index contributed by atoms with van der Waals surface area (Å²) in [5, 5.41) is 0. The summed E-state index contributed by atoms with van der Waals surface area (Å²) < 4.78 is 4.40. The van der Waals surface area contributed by atoms with Gasteiger partial charge in [-0.25, -0.2) is 9.13 Å². The molecule has 1 heterocycles. The Bertz CT molecular complexity index is 922. The van der Waals surface area contributed by atoms with E-state index in [2.05, 4.69) is 112 Å². The molecule has 0 saturated carbocycles. The van der Waals surface area contributed by atoms with Gasteiger partial charge in [0.15, 0.2) is 0 Å². The SMILES string of the molecule is Cc1cc(C)c(C[n+]2ccn(-c3cc(C(C)(C)C)ccc3S)c2)c(C)c1. The van der Waals surface area contributed by atoms with Crippen molar-refractivity contribution >= 4 is 12.6 Å². The second kappa shape index (κ2) is 6.96. The van der Waals surface area contributed by atoms with Crippen LogP contribution in [-0.2, 0) is 12.0 Å². The van der Waals surface area contributed by atoms with Crippen LogP contribution in [0.5, 0.6) is 0 Å². The lowest BCUT2D eigenvalue weighted by Gasteiger charge is -2.19. The number of nitrogens with zero attached hydrogens (tertiary/aromatic N) is 2. The molecule has 0 amide bonds.